The number of esters is 2. The molecule has 2 rings (SSSR count). The molecule has 1 aliphatic carbocycles. The lowest BCUT2D eigenvalue weighted by Crippen LogP contribution is -2.16. The zero-order chi connectivity index (χ0) is 14.2. The summed E-state index contributed by atoms with van der Waals surface area (Å²) in [7, 11) is 0. The number of allylic oxidation sites excluding steroid dienone is 1. The standard InChI is InChI=1S/C16H18O4/c17-15(13-7-3-1-4-8-13)19-11-12-20-16(18)14-9-5-2-6-10-14/h1,3-4,7-9H,2,5-6,10-12H2. The molecular formula is C16H18O4. The molecule has 1 aromatic rings. The van der Waals surface area contributed by atoms with Crippen LogP contribution in [-0.2, 0) is 14.3 Å². The molecule has 4 nitrogen and oxygen atoms in total. The topological polar surface area (TPSA) is 52.6 Å². The Kier molecular flexibility index (Phi) is 5.35. The third-order valence-electron chi connectivity index (χ3n) is 3.11. The molecule has 0 saturated carbocycles. The second-order valence-corrected chi connectivity index (χ2v) is 4.61. The average molecular weight is 274 g/mol. The van der Waals surface area contributed by atoms with E-state index in [1.165, 1.54) is 0 Å². The first kappa shape index (κ1) is 14.3. The van der Waals surface area contributed by atoms with Crippen molar-refractivity contribution in [2.24, 2.45) is 0 Å². The summed E-state index contributed by atoms with van der Waals surface area (Å²) in [4.78, 5) is 23.3. The third-order valence-corrected chi connectivity index (χ3v) is 3.11. The van der Waals surface area contributed by atoms with Crippen LogP contribution >= 0.6 is 0 Å². The molecule has 0 amide bonds. The Labute approximate surface area is 118 Å². The number of hydrogen-bond acceptors (Lipinski definition) is 4. The van der Waals surface area contributed by atoms with Crippen LogP contribution in [-0.4, -0.2) is 25.2 Å². The molecule has 1 aromatic carbocycles. The van der Waals surface area contributed by atoms with Crippen LogP contribution in [0.25, 0.3) is 0 Å². The molecule has 0 N–H and O–H groups in total. The van der Waals surface area contributed by atoms with E-state index in [0.717, 1.165) is 31.3 Å². The Bertz CT molecular complexity index is 490. The van der Waals surface area contributed by atoms with Crippen molar-refractivity contribution in [1.29, 1.82) is 0 Å². The van der Waals surface area contributed by atoms with Gasteiger partial charge in [-0.1, -0.05) is 24.3 Å². The van der Waals surface area contributed by atoms with Crippen molar-refractivity contribution in [3.63, 3.8) is 0 Å². The lowest BCUT2D eigenvalue weighted by Gasteiger charge is -2.12. The molecule has 0 aromatic heterocycles. The first-order valence-electron chi connectivity index (χ1n) is 6.86. The lowest BCUT2D eigenvalue weighted by molar-refractivity contribution is -0.140. The quantitative estimate of drug-likeness (QED) is 0.612. The molecule has 0 bridgehead atoms. The largest absolute Gasteiger partial charge is 0.459 e. The Morgan fingerprint density at radius 3 is 2.30 bits per heavy atom. The fourth-order valence-corrected chi connectivity index (χ4v) is 2.04. The lowest BCUT2D eigenvalue weighted by atomic mass is 10.00. The van der Waals surface area contributed by atoms with Gasteiger partial charge in [0.15, 0.2) is 0 Å². The molecule has 0 heterocycles. The van der Waals surface area contributed by atoms with E-state index in [9.17, 15) is 9.59 Å². The fraction of sp³-hybridized carbons (Fsp3) is 0.375. The monoisotopic (exact) mass is 274 g/mol. The van der Waals surface area contributed by atoms with Gasteiger partial charge in [0.05, 0.1) is 5.56 Å². The van der Waals surface area contributed by atoms with E-state index < -0.39 is 5.97 Å². The highest BCUT2D eigenvalue weighted by molar-refractivity contribution is 5.89. The molecule has 1 aliphatic rings. The number of carbonyl (C=O) groups excluding carboxylic acids is 2. The van der Waals surface area contributed by atoms with Crippen LogP contribution in [0.4, 0.5) is 0 Å². The van der Waals surface area contributed by atoms with E-state index in [-0.39, 0.29) is 19.2 Å². The van der Waals surface area contributed by atoms with Gasteiger partial charge in [-0.2, -0.15) is 0 Å². The molecule has 0 aliphatic heterocycles. The van der Waals surface area contributed by atoms with Crippen LogP contribution in [0.1, 0.15) is 36.0 Å². The van der Waals surface area contributed by atoms with Crippen molar-refractivity contribution in [2.75, 3.05) is 13.2 Å². The number of carbonyl (C=O) groups is 2. The summed E-state index contributed by atoms with van der Waals surface area (Å²) in [5.41, 5.74) is 1.24. The van der Waals surface area contributed by atoms with Gasteiger partial charge in [0, 0.05) is 5.57 Å². The molecule has 106 valence electrons. The third kappa shape index (κ3) is 4.23. The minimum Gasteiger partial charge on any atom is -0.459 e. The van der Waals surface area contributed by atoms with Gasteiger partial charge in [0.2, 0.25) is 0 Å². The summed E-state index contributed by atoms with van der Waals surface area (Å²) >= 11 is 0. The Morgan fingerprint density at radius 1 is 0.950 bits per heavy atom. The summed E-state index contributed by atoms with van der Waals surface area (Å²) in [6.07, 6.45) is 5.81. The van der Waals surface area contributed by atoms with E-state index in [1.807, 2.05) is 12.1 Å². The predicted octanol–water partition coefficient (Wildman–Crippen LogP) is 2.89. The summed E-state index contributed by atoms with van der Waals surface area (Å²) in [5, 5.41) is 0. The maximum Gasteiger partial charge on any atom is 0.338 e. The van der Waals surface area contributed by atoms with Crippen LogP contribution in [0.2, 0.25) is 0 Å². The first-order valence-corrected chi connectivity index (χ1v) is 6.86. The molecule has 0 saturated heterocycles. The second kappa shape index (κ2) is 7.48. The first-order chi connectivity index (χ1) is 9.77. The molecule has 4 heteroatoms. The minimum atomic E-state index is -0.404. The summed E-state index contributed by atoms with van der Waals surface area (Å²) < 4.78 is 10.1. The van der Waals surface area contributed by atoms with Crippen LogP contribution in [0, 0.1) is 0 Å². The SMILES string of the molecule is O=C(OCCOC(=O)c1ccccc1)C1=CCCCC1. The van der Waals surface area contributed by atoms with Crippen molar-refractivity contribution in [2.45, 2.75) is 25.7 Å². The number of rotatable bonds is 5. The smallest absolute Gasteiger partial charge is 0.338 e. The normalized spacial score (nSPS) is 14.3. The van der Waals surface area contributed by atoms with Crippen LogP contribution < -0.4 is 0 Å². The molecule has 0 atom stereocenters. The van der Waals surface area contributed by atoms with Gasteiger partial charge < -0.3 is 9.47 Å². The molecule has 20 heavy (non-hydrogen) atoms. The van der Waals surface area contributed by atoms with Gasteiger partial charge in [-0.3, -0.25) is 0 Å². The Balaban J connectivity index is 1.67. The van der Waals surface area contributed by atoms with Crippen LogP contribution in [0.3, 0.4) is 0 Å². The van der Waals surface area contributed by atoms with E-state index >= 15 is 0 Å². The minimum absolute atomic E-state index is 0.0761. The predicted molar refractivity (Wildman–Crippen MR) is 74.2 cm³/mol. The van der Waals surface area contributed by atoms with Gasteiger partial charge in [-0.15, -0.1) is 0 Å². The zero-order valence-electron chi connectivity index (χ0n) is 11.3. The molecule has 0 spiro atoms. The van der Waals surface area contributed by atoms with Crippen molar-refractivity contribution in [1.82, 2.24) is 0 Å². The van der Waals surface area contributed by atoms with E-state index in [4.69, 9.17) is 9.47 Å². The number of hydrogen-bond donors (Lipinski definition) is 0. The van der Waals surface area contributed by atoms with E-state index in [2.05, 4.69) is 0 Å². The van der Waals surface area contributed by atoms with Gasteiger partial charge in [0.1, 0.15) is 13.2 Å². The van der Waals surface area contributed by atoms with Gasteiger partial charge in [-0.05, 0) is 37.8 Å². The highest BCUT2D eigenvalue weighted by Crippen LogP contribution is 2.18. The average Bonchev–Trinajstić information content (AvgIpc) is 2.53. The zero-order valence-corrected chi connectivity index (χ0v) is 11.3. The summed E-state index contributed by atoms with van der Waals surface area (Å²) in [5.74, 6) is -0.695. The highest BCUT2D eigenvalue weighted by atomic mass is 16.6. The Hall–Kier alpha value is -2.10. The fourth-order valence-electron chi connectivity index (χ4n) is 2.04. The maximum atomic E-state index is 11.7. The van der Waals surface area contributed by atoms with Crippen LogP contribution in [0.15, 0.2) is 42.0 Å². The van der Waals surface area contributed by atoms with Crippen molar-refractivity contribution >= 4 is 11.9 Å². The van der Waals surface area contributed by atoms with Crippen molar-refractivity contribution in [3.05, 3.63) is 47.5 Å². The van der Waals surface area contributed by atoms with Gasteiger partial charge in [-0.25, -0.2) is 9.59 Å². The summed E-state index contributed by atoms with van der Waals surface area (Å²) in [6, 6.07) is 8.73. The van der Waals surface area contributed by atoms with Crippen molar-refractivity contribution in [3.8, 4) is 0 Å². The molecule has 0 radical (unpaired) electrons. The maximum absolute atomic E-state index is 11.7. The molecule has 0 fully saturated rings. The van der Waals surface area contributed by atoms with Crippen LogP contribution in [0.5, 0.6) is 0 Å². The Morgan fingerprint density at radius 2 is 1.65 bits per heavy atom. The van der Waals surface area contributed by atoms with E-state index in [0.29, 0.717) is 5.56 Å². The number of benzene rings is 1. The summed E-state index contributed by atoms with van der Waals surface area (Å²) in [6.45, 7) is 0.168. The van der Waals surface area contributed by atoms with E-state index in [1.54, 1.807) is 24.3 Å². The highest BCUT2D eigenvalue weighted by Gasteiger charge is 2.13. The molecular weight excluding hydrogens is 256 g/mol. The molecule has 0 unspecified atom stereocenters. The van der Waals surface area contributed by atoms with Gasteiger partial charge >= 0.3 is 11.9 Å². The van der Waals surface area contributed by atoms with Gasteiger partial charge in [0.25, 0.3) is 0 Å². The second-order valence-electron chi connectivity index (χ2n) is 4.61. The van der Waals surface area contributed by atoms with Crippen molar-refractivity contribution < 1.29 is 19.1 Å². The number of ether oxygens (including phenoxy) is 2.